The zero-order chi connectivity index (χ0) is 12.5. The van der Waals surface area contributed by atoms with Crippen molar-refractivity contribution in [3.63, 3.8) is 0 Å². The highest BCUT2D eigenvalue weighted by molar-refractivity contribution is 5.77. The Kier molecular flexibility index (Phi) is 7.16. The third-order valence-corrected chi connectivity index (χ3v) is 3.01. The maximum absolute atomic E-state index is 11.5. The Hall–Kier alpha value is -0.650. The monoisotopic (exact) mass is 244 g/mol. The fourth-order valence-electron chi connectivity index (χ4n) is 1.91. The number of hydrogen-bond donors (Lipinski definition) is 2. The maximum atomic E-state index is 11.5. The minimum absolute atomic E-state index is 0.0554. The second-order valence-electron chi connectivity index (χ2n) is 4.52. The molecule has 2 N–H and O–H groups in total. The highest BCUT2D eigenvalue weighted by Crippen LogP contribution is 2.13. The minimum Gasteiger partial charge on any atom is -0.385 e. The van der Waals surface area contributed by atoms with E-state index in [0.29, 0.717) is 31.7 Å². The van der Waals surface area contributed by atoms with Gasteiger partial charge in [0.25, 0.3) is 0 Å². The lowest BCUT2D eigenvalue weighted by atomic mass is 9.98. The summed E-state index contributed by atoms with van der Waals surface area (Å²) in [5, 5.41) is 6.15. The molecule has 1 rings (SSSR count). The van der Waals surface area contributed by atoms with Crippen LogP contribution in [0.15, 0.2) is 0 Å². The number of rotatable bonds is 7. The molecule has 0 aliphatic carbocycles. The van der Waals surface area contributed by atoms with Crippen LogP contribution in [0.1, 0.15) is 19.8 Å². The van der Waals surface area contributed by atoms with E-state index in [1.54, 1.807) is 7.11 Å². The van der Waals surface area contributed by atoms with Gasteiger partial charge in [-0.15, -0.1) is 0 Å². The van der Waals surface area contributed by atoms with Gasteiger partial charge in [0.1, 0.15) is 0 Å². The predicted octanol–water partition coefficient (Wildman–Crippen LogP) is 0.154. The van der Waals surface area contributed by atoms with Crippen molar-refractivity contribution < 1.29 is 14.3 Å². The van der Waals surface area contributed by atoms with Crippen LogP contribution in [-0.2, 0) is 14.3 Å². The Balaban J connectivity index is 2.06. The average molecular weight is 244 g/mol. The van der Waals surface area contributed by atoms with Gasteiger partial charge in [-0.25, -0.2) is 0 Å². The smallest absolute Gasteiger partial charge is 0.233 e. The second kappa shape index (κ2) is 8.44. The molecule has 17 heavy (non-hydrogen) atoms. The van der Waals surface area contributed by atoms with Gasteiger partial charge in [0.15, 0.2) is 0 Å². The van der Waals surface area contributed by atoms with E-state index in [1.165, 1.54) is 0 Å². The third kappa shape index (κ3) is 6.00. The summed E-state index contributed by atoms with van der Waals surface area (Å²) in [4.78, 5) is 11.5. The molecule has 0 saturated carbocycles. The van der Waals surface area contributed by atoms with Crippen LogP contribution in [-0.4, -0.2) is 52.0 Å². The Morgan fingerprint density at radius 3 is 3.06 bits per heavy atom. The largest absolute Gasteiger partial charge is 0.385 e. The topological polar surface area (TPSA) is 59.6 Å². The summed E-state index contributed by atoms with van der Waals surface area (Å²) < 4.78 is 10.3. The first kappa shape index (κ1) is 14.4. The SMILES string of the molecule is COCCCNC(=O)CNC1CCOCC1C. The van der Waals surface area contributed by atoms with Crippen molar-refractivity contribution in [2.24, 2.45) is 5.92 Å². The van der Waals surface area contributed by atoms with Gasteiger partial charge in [0.2, 0.25) is 5.91 Å². The minimum atomic E-state index is 0.0554. The first-order valence-electron chi connectivity index (χ1n) is 6.30. The average Bonchev–Trinajstić information content (AvgIpc) is 2.34. The number of ether oxygens (including phenoxy) is 2. The zero-order valence-corrected chi connectivity index (χ0v) is 10.8. The summed E-state index contributed by atoms with van der Waals surface area (Å²) in [5.41, 5.74) is 0. The Morgan fingerprint density at radius 2 is 2.35 bits per heavy atom. The van der Waals surface area contributed by atoms with Gasteiger partial charge in [-0.2, -0.15) is 0 Å². The van der Waals surface area contributed by atoms with Crippen molar-refractivity contribution in [2.75, 3.05) is 40.0 Å². The van der Waals surface area contributed by atoms with Crippen molar-refractivity contribution in [1.29, 1.82) is 0 Å². The van der Waals surface area contributed by atoms with Crippen molar-refractivity contribution in [1.82, 2.24) is 10.6 Å². The number of hydrogen-bond acceptors (Lipinski definition) is 4. The standard InChI is InChI=1S/C12H24N2O3/c1-10-9-17-7-4-11(10)14-8-12(15)13-5-3-6-16-2/h10-11,14H,3-9H2,1-2H3,(H,13,15). The molecule has 100 valence electrons. The van der Waals surface area contributed by atoms with Crippen LogP contribution < -0.4 is 10.6 Å². The van der Waals surface area contributed by atoms with Gasteiger partial charge in [-0.05, 0) is 18.8 Å². The van der Waals surface area contributed by atoms with Crippen LogP contribution in [0, 0.1) is 5.92 Å². The van der Waals surface area contributed by atoms with E-state index in [0.717, 1.165) is 26.1 Å². The number of carbonyl (C=O) groups is 1. The third-order valence-electron chi connectivity index (χ3n) is 3.01. The molecule has 0 aromatic rings. The first-order valence-corrected chi connectivity index (χ1v) is 6.30. The Labute approximate surface area is 103 Å². The summed E-state index contributed by atoms with van der Waals surface area (Å²) >= 11 is 0. The number of methoxy groups -OCH3 is 1. The molecule has 1 saturated heterocycles. The summed E-state index contributed by atoms with van der Waals surface area (Å²) in [6.45, 7) is 5.47. The first-order chi connectivity index (χ1) is 8.24. The van der Waals surface area contributed by atoms with E-state index < -0.39 is 0 Å². The van der Waals surface area contributed by atoms with E-state index in [4.69, 9.17) is 9.47 Å². The lowest BCUT2D eigenvalue weighted by Crippen LogP contribution is -2.45. The van der Waals surface area contributed by atoms with Crippen LogP contribution in [0.2, 0.25) is 0 Å². The summed E-state index contributed by atoms with van der Waals surface area (Å²) in [5.74, 6) is 0.532. The van der Waals surface area contributed by atoms with Crippen molar-refractivity contribution >= 4 is 5.91 Å². The molecule has 0 spiro atoms. The molecule has 5 nitrogen and oxygen atoms in total. The molecule has 5 heteroatoms. The molecule has 2 unspecified atom stereocenters. The number of nitrogens with one attached hydrogen (secondary N) is 2. The van der Waals surface area contributed by atoms with Crippen LogP contribution in [0.25, 0.3) is 0 Å². The van der Waals surface area contributed by atoms with Crippen molar-refractivity contribution in [3.8, 4) is 0 Å². The molecule has 1 amide bonds. The molecular weight excluding hydrogens is 220 g/mol. The fraction of sp³-hybridized carbons (Fsp3) is 0.917. The van der Waals surface area contributed by atoms with E-state index >= 15 is 0 Å². The molecule has 0 aromatic carbocycles. The molecular formula is C12H24N2O3. The van der Waals surface area contributed by atoms with Gasteiger partial charge in [-0.1, -0.05) is 6.92 Å². The predicted molar refractivity (Wildman–Crippen MR) is 65.9 cm³/mol. The fourth-order valence-corrected chi connectivity index (χ4v) is 1.91. The molecule has 0 radical (unpaired) electrons. The lowest BCUT2D eigenvalue weighted by Gasteiger charge is -2.29. The van der Waals surface area contributed by atoms with Gasteiger partial charge >= 0.3 is 0 Å². The molecule has 2 atom stereocenters. The molecule has 0 bridgehead atoms. The number of amides is 1. The highest BCUT2D eigenvalue weighted by Gasteiger charge is 2.21. The van der Waals surface area contributed by atoms with E-state index in [1.807, 2.05) is 0 Å². The molecule has 1 heterocycles. The summed E-state index contributed by atoms with van der Waals surface area (Å²) in [6, 6.07) is 0.397. The Morgan fingerprint density at radius 1 is 1.53 bits per heavy atom. The lowest BCUT2D eigenvalue weighted by molar-refractivity contribution is -0.120. The molecule has 0 aromatic heterocycles. The zero-order valence-electron chi connectivity index (χ0n) is 10.8. The van der Waals surface area contributed by atoms with E-state index in [9.17, 15) is 4.79 Å². The van der Waals surface area contributed by atoms with Gasteiger partial charge in [0, 0.05) is 32.9 Å². The number of carbonyl (C=O) groups excluding carboxylic acids is 1. The Bertz CT molecular complexity index is 224. The van der Waals surface area contributed by atoms with Crippen LogP contribution >= 0.6 is 0 Å². The maximum Gasteiger partial charge on any atom is 0.233 e. The normalized spacial score (nSPS) is 24.6. The van der Waals surface area contributed by atoms with E-state index in [2.05, 4.69) is 17.6 Å². The van der Waals surface area contributed by atoms with E-state index in [-0.39, 0.29) is 5.91 Å². The van der Waals surface area contributed by atoms with Crippen molar-refractivity contribution in [2.45, 2.75) is 25.8 Å². The molecule has 1 aliphatic heterocycles. The summed E-state index contributed by atoms with van der Waals surface area (Å²) in [7, 11) is 1.66. The molecule has 1 fully saturated rings. The van der Waals surface area contributed by atoms with Crippen LogP contribution in [0.4, 0.5) is 0 Å². The van der Waals surface area contributed by atoms with Gasteiger partial charge in [-0.3, -0.25) is 4.79 Å². The quantitative estimate of drug-likeness (QED) is 0.626. The van der Waals surface area contributed by atoms with Gasteiger partial charge < -0.3 is 20.1 Å². The highest BCUT2D eigenvalue weighted by atomic mass is 16.5. The second-order valence-corrected chi connectivity index (χ2v) is 4.52. The van der Waals surface area contributed by atoms with Crippen LogP contribution in [0.5, 0.6) is 0 Å². The summed E-state index contributed by atoms with van der Waals surface area (Å²) in [6.07, 6.45) is 1.84. The van der Waals surface area contributed by atoms with Gasteiger partial charge in [0.05, 0.1) is 13.2 Å². The van der Waals surface area contributed by atoms with Crippen molar-refractivity contribution in [3.05, 3.63) is 0 Å². The van der Waals surface area contributed by atoms with Crippen LogP contribution in [0.3, 0.4) is 0 Å². The molecule has 1 aliphatic rings.